The van der Waals surface area contributed by atoms with Crippen LogP contribution in [0.25, 0.3) is 5.57 Å². The van der Waals surface area contributed by atoms with Crippen molar-refractivity contribution in [2.75, 3.05) is 26.2 Å². The van der Waals surface area contributed by atoms with Crippen molar-refractivity contribution in [1.29, 1.82) is 0 Å². The Morgan fingerprint density at radius 3 is 2.26 bits per heavy atom. The average Bonchev–Trinajstić information content (AvgIpc) is 2.59. The second-order valence-corrected chi connectivity index (χ2v) is 7.68. The Bertz CT molecular complexity index is 780. The molecule has 0 bridgehead atoms. The Hall–Kier alpha value is -2.55. The molecule has 0 aromatic heterocycles. The highest BCUT2D eigenvalue weighted by Crippen LogP contribution is 2.27. The Morgan fingerprint density at radius 1 is 1.19 bits per heavy atom. The van der Waals surface area contributed by atoms with E-state index >= 15 is 0 Å². The van der Waals surface area contributed by atoms with Gasteiger partial charge in [0.2, 0.25) is 0 Å². The summed E-state index contributed by atoms with van der Waals surface area (Å²) in [6.07, 6.45) is -0.409. The Morgan fingerprint density at radius 2 is 1.74 bits per heavy atom. The largest absolute Gasteiger partial charge is 0.444 e. The number of carbonyl (C=O) groups excluding carboxylic acids is 2. The van der Waals surface area contributed by atoms with Crippen LogP contribution in [-0.4, -0.2) is 58.5 Å². The van der Waals surface area contributed by atoms with E-state index in [1.165, 1.54) is 12.1 Å². The van der Waals surface area contributed by atoms with E-state index < -0.39 is 16.6 Å². The van der Waals surface area contributed by atoms with Crippen molar-refractivity contribution >= 4 is 35.9 Å². The van der Waals surface area contributed by atoms with Gasteiger partial charge in [-0.25, -0.2) is 4.79 Å². The van der Waals surface area contributed by atoms with Gasteiger partial charge in [0.05, 0.1) is 9.82 Å². The third-order valence-electron chi connectivity index (χ3n) is 4.00. The van der Waals surface area contributed by atoms with Gasteiger partial charge in [0.15, 0.2) is 0 Å². The fourth-order valence-electron chi connectivity index (χ4n) is 2.59. The molecule has 27 heavy (non-hydrogen) atoms. The topological polar surface area (TPSA) is 93.0 Å². The second kappa shape index (κ2) is 7.99. The van der Waals surface area contributed by atoms with Gasteiger partial charge in [0.25, 0.3) is 11.6 Å². The fraction of sp³-hybridized carbons (Fsp3) is 0.444. The van der Waals surface area contributed by atoms with Gasteiger partial charge >= 0.3 is 6.09 Å². The van der Waals surface area contributed by atoms with Crippen LogP contribution in [0, 0.1) is 10.1 Å². The van der Waals surface area contributed by atoms with Crippen molar-refractivity contribution in [3.05, 3.63) is 40.5 Å². The minimum atomic E-state index is -0.577. The maximum Gasteiger partial charge on any atom is 0.410 e. The maximum absolute atomic E-state index is 12.7. The van der Waals surface area contributed by atoms with Crippen LogP contribution in [0.2, 0.25) is 0 Å². The molecule has 0 atom stereocenters. The molecule has 0 aliphatic carbocycles. The molecule has 0 N–H and O–H groups in total. The minimum Gasteiger partial charge on any atom is -0.444 e. The first-order valence-corrected chi connectivity index (χ1v) is 8.88. The molecule has 0 spiro atoms. The SMILES string of the molecule is C=C(C(=O)N1CCN(C(=O)OC(C)(C)C)CC1)c1ccc(S)c([N+](=O)[O-])c1. The van der Waals surface area contributed by atoms with Crippen LogP contribution in [0.15, 0.2) is 29.7 Å². The predicted molar refractivity (Wildman–Crippen MR) is 104 cm³/mol. The summed E-state index contributed by atoms with van der Waals surface area (Å²) in [5.41, 5.74) is -0.220. The number of carbonyl (C=O) groups is 2. The van der Waals surface area contributed by atoms with Crippen molar-refractivity contribution in [3.8, 4) is 0 Å². The normalized spacial score (nSPS) is 14.7. The van der Waals surface area contributed by atoms with Crippen molar-refractivity contribution in [2.45, 2.75) is 31.3 Å². The first kappa shape index (κ1) is 20.8. The molecule has 2 amide bonds. The second-order valence-electron chi connectivity index (χ2n) is 7.20. The standard InChI is InChI=1S/C18H23N3O5S/c1-12(13-5-6-15(27)14(11-13)21(24)25)16(22)19-7-9-20(10-8-19)17(23)26-18(2,3)4/h5-6,11,27H,1,7-10H2,2-4H3. The summed E-state index contributed by atoms with van der Waals surface area (Å²) in [7, 11) is 0. The zero-order valence-electron chi connectivity index (χ0n) is 15.6. The van der Waals surface area contributed by atoms with E-state index in [1.807, 2.05) is 0 Å². The van der Waals surface area contributed by atoms with Gasteiger partial charge in [-0.3, -0.25) is 14.9 Å². The molecule has 1 heterocycles. The minimum absolute atomic E-state index is 0.164. The molecule has 1 aliphatic rings. The van der Waals surface area contributed by atoms with E-state index in [9.17, 15) is 19.7 Å². The van der Waals surface area contributed by atoms with E-state index in [-0.39, 0.29) is 22.1 Å². The molecule has 0 radical (unpaired) electrons. The quantitative estimate of drug-likeness (QED) is 0.369. The molecule has 0 saturated carbocycles. The maximum atomic E-state index is 12.7. The van der Waals surface area contributed by atoms with E-state index in [2.05, 4.69) is 19.2 Å². The van der Waals surface area contributed by atoms with E-state index in [0.717, 1.165) is 0 Å². The summed E-state index contributed by atoms with van der Waals surface area (Å²) < 4.78 is 5.33. The van der Waals surface area contributed by atoms with Crippen molar-refractivity contribution in [3.63, 3.8) is 0 Å². The van der Waals surface area contributed by atoms with Crippen LogP contribution < -0.4 is 0 Å². The van der Waals surface area contributed by atoms with Crippen LogP contribution in [0.3, 0.4) is 0 Å². The zero-order valence-corrected chi connectivity index (χ0v) is 16.5. The third-order valence-corrected chi connectivity index (χ3v) is 4.38. The van der Waals surface area contributed by atoms with Crippen molar-refractivity contribution < 1.29 is 19.2 Å². The molecular weight excluding hydrogens is 370 g/mol. The molecule has 8 nitrogen and oxygen atoms in total. The number of amides is 2. The Kier molecular flexibility index (Phi) is 6.15. The first-order chi connectivity index (χ1) is 12.5. The molecule has 1 fully saturated rings. The fourth-order valence-corrected chi connectivity index (χ4v) is 2.81. The summed E-state index contributed by atoms with van der Waals surface area (Å²) in [5.74, 6) is -0.319. The van der Waals surface area contributed by atoms with E-state index in [4.69, 9.17) is 4.74 Å². The third kappa shape index (κ3) is 5.22. The lowest BCUT2D eigenvalue weighted by molar-refractivity contribution is -0.387. The van der Waals surface area contributed by atoms with Crippen molar-refractivity contribution in [1.82, 2.24) is 9.80 Å². The summed E-state index contributed by atoms with van der Waals surface area (Å²) >= 11 is 4.05. The van der Waals surface area contributed by atoms with Gasteiger partial charge in [-0.1, -0.05) is 12.6 Å². The molecule has 146 valence electrons. The lowest BCUT2D eigenvalue weighted by Crippen LogP contribution is -2.51. The number of hydrogen-bond donors (Lipinski definition) is 1. The average molecular weight is 393 g/mol. The predicted octanol–water partition coefficient (Wildman–Crippen LogP) is 2.98. The number of thiol groups is 1. The van der Waals surface area contributed by atoms with Gasteiger partial charge in [-0.15, -0.1) is 12.6 Å². The smallest absolute Gasteiger partial charge is 0.410 e. The Balaban J connectivity index is 2.01. The van der Waals surface area contributed by atoms with Gasteiger partial charge in [-0.2, -0.15) is 0 Å². The molecule has 2 rings (SSSR count). The molecule has 1 aromatic carbocycles. The Labute approximate surface area is 163 Å². The van der Waals surface area contributed by atoms with Crippen LogP contribution >= 0.6 is 12.6 Å². The lowest BCUT2D eigenvalue weighted by atomic mass is 10.1. The number of rotatable bonds is 3. The molecule has 1 saturated heterocycles. The van der Waals surface area contributed by atoms with E-state index in [1.54, 1.807) is 36.6 Å². The van der Waals surface area contributed by atoms with Crippen LogP contribution in [0.5, 0.6) is 0 Å². The molecule has 1 aromatic rings. The lowest BCUT2D eigenvalue weighted by Gasteiger charge is -2.35. The monoisotopic (exact) mass is 393 g/mol. The summed E-state index contributed by atoms with van der Waals surface area (Å²) in [5, 5.41) is 11.0. The first-order valence-electron chi connectivity index (χ1n) is 8.43. The summed E-state index contributed by atoms with van der Waals surface area (Å²) in [6.45, 7) is 10.6. The number of nitro groups is 1. The molecule has 9 heteroatoms. The highest BCUT2D eigenvalue weighted by Gasteiger charge is 2.29. The van der Waals surface area contributed by atoms with Gasteiger partial charge < -0.3 is 14.5 Å². The zero-order chi connectivity index (χ0) is 20.4. The number of hydrogen-bond acceptors (Lipinski definition) is 6. The molecular formula is C18H23N3O5S. The van der Waals surface area contributed by atoms with Gasteiger partial charge in [-0.05, 0) is 32.4 Å². The number of piperazine rings is 1. The molecule has 1 aliphatic heterocycles. The highest BCUT2D eigenvalue weighted by atomic mass is 32.1. The van der Waals surface area contributed by atoms with E-state index in [0.29, 0.717) is 31.7 Å². The molecule has 0 unspecified atom stereocenters. The number of nitro benzene ring substituents is 1. The van der Waals surface area contributed by atoms with Crippen molar-refractivity contribution in [2.24, 2.45) is 0 Å². The number of nitrogens with zero attached hydrogens (tertiary/aromatic N) is 3. The highest BCUT2D eigenvalue weighted by molar-refractivity contribution is 7.80. The van der Waals surface area contributed by atoms with Gasteiger partial charge in [0.1, 0.15) is 5.60 Å². The van der Waals surface area contributed by atoms with Gasteiger partial charge in [0, 0.05) is 37.8 Å². The number of benzene rings is 1. The number of ether oxygens (including phenoxy) is 1. The van der Waals surface area contributed by atoms with Crippen LogP contribution in [0.1, 0.15) is 26.3 Å². The summed E-state index contributed by atoms with van der Waals surface area (Å²) in [4.78, 5) is 38.6. The van der Waals surface area contributed by atoms with Crippen LogP contribution in [-0.2, 0) is 9.53 Å². The summed E-state index contributed by atoms with van der Waals surface area (Å²) in [6, 6.07) is 4.33. The van der Waals surface area contributed by atoms with Crippen LogP contribution in [0.4, 0.5) is 10.5 Å².